The molecule has 0 fully saturated rings. The summed E-state index contributed by atoms with van der Waals surface area (Å²) in [4.78, 5) is 12.4. The number of rotatable bonds is 4. The molecule has 1 aromatic carbocycles. The largest absolute Gasteiger partial charge is 0.338 e. The number of carbonyl (C=O) groups excluding carboxylic acids is 1. The molecular weight excluding hydrogens is 347 g/mol. The highest BCUT2D eigenvalue weighted by molar-refractivity contribution is 7.93. The number of carbonyl (C=O) groups is 1. The van der Waals surface area contributed by atoms with Crippen LogP contribution in [0.5, 0.6) is 0 Å². The van der Waals surface area contributed by atoms with Crippen molar-refractivity contribution in [2.75, 3.05) is 5.32 Å². The number of aromatic nitrogens is 1. The van der Waals surface area contributed by atoms with Crippen molar-refractivity contribution in [2.45, 2.75) is 49.7 Å². The first-order chi connectivity index (χ1) is 11.4. The van der Waals surface area contributed by atoms with Crippen LogP contribution in [0.3, 0.4) is 0 Å². The van der Waals surface area contributed by atoms with E-state index in [2.05, 4.69) is 10.5 Å². The number of hydrogen-bond donors (Lipinski definition) is 1. The van der Waals surface area contributed by atoms with Gasteiger partial charge in [0.25, 0.3) is 0 Å². The van der Waals surface area contributed by atoms with Crippen LogP contribution in [0.15, 0.2) is 39.8 Å². The number of nitrogens with zero attached hydrogens (tertiary/aromatic N) is 1. The maximum absolute atomic E-state index is 13.0. The second kappa shape index (κ2) is 6.25. The lowest BCUT2D eigenvalue weighted by Crippen LogP contribution is -2.44. The molecule has 0 saturated carbocycles. The Morgan fingerprint density at radius 3 is 2.16 bits per heavy atom. The maximum atomic E-state index is 13.0. The second-order valence-corrected chi connectivity index (χ2v) is 9.75. The number of halogens is 1. The van der Waals surface area contributed by atoms with Gasteiger partial charge >= 0.3 is 0 Å². The molecule has 2 rings (SSSR count). The summed E-state index contributed by atoms with van der Waals surface area (Å²) < 4.78 is 41.8. The average Bonchev–Trinajstić information content (AvgIpc) is 2.96. The zero-order chi connectivity index (χ0) is 19.0. The van der Waals surface area contributed by atoms with Gasteiger partial charge in [-0.25, -0.2) is 12.8 Å². The monoisotopic (exact) mass is 368 g/mol. The highest BCUT2D eigenvalue weighted by Gasteiger charge is 2.43. The first kappa shape index (κ1) is 19.1. The molecule has 0 aliphatic rings. The summed E-state index contributed by atoms with van der Waals surface area (Å²) in [5.74, 6) is -1.26. The van der Waals surface area contributed by atoms with Gasteiger partial charge in [-0.15, -0.1) is 0 Å². The Morgan fingerprint density at radius 2 is 1.68 bits per heavy atom. The van der Waals surface area contributed by atoms with Gasteiger partial charge in [-0.05, 0) is 38.1 Å². The van der Waals surface area contributed by atoms with Crippen molar-refractivity contribution >= 4 is 21.6 Å². The Morgan fingerprint density at radius 1 is 1.12 bits per heavy atom. The Bertz CT molecular complexity index is 878. The minimum atomic E-state index is -4.04. The Kier molecular flexibility index (Phi) is 4.78. The van der Waals surface area contributed by atoms with E-state index < -0.39 is 26.3 Å². The number of amides is 1. The summed E-state index contributed by atoms with van der Waals surface area (Å²) in [5, 5.41) is 6.31. The molecule has 1 heterocycles. The van der Waals surface area contributed by atoms with Crippen molar-refractivity contribution in [3.63, 3.8) is 0 Å². The van der Waals surface area contributed by atoms with Crippen LogP contribution < -0.4 is 5.32 Å². The SMILES string of the molecule is CC(C)(C)c1cc(NC(=O)C(C)(C)S(=O)(=O)c2ccc(F)cc2)on1. The van der Waals surface area contributed by atoms with Crippen LogP contribution in [0.1, 0.15) is 40.3 Å². The minimum Gasteiger partial charge on any atom is -0.338 e. The van der Waals surface area contributed by atoms with E-state index in [1.165, 1.54) is 13.8 Å². The lowest BCUT2D eigenvalue weighted by atomic mass is 9.92. The van der Waals surface area contributed by atoms with Gasteiger partial charge in [0.1, 0.15) is 10.6 Å². The van der Waals surface area contributed by atoms with Crippen LogP contribution in [0.4, 0.5) is 10.3 Å². The van der Waals surface area contributed by atoms with E-state index in [4.69, 9.17) is 4.52 Å². The van der Waals surface area contributed by atoms with E-state index in [1.54, 1.807) is 6.07 Å². The zero-order valence-electron chi connectivity index (χ0n) is 14.8. The molecule has 0 aliphatic carbocycles. The predicted octanol–water partition coefficient (Wildman–Crippen LogP) is 3.30. The molecule has 0 aliphatic heterocycles. The van der Waals surface area contributed by atoms with Crippen LogP contribution in [-0.2, 0) is 20.0 Å². The summed E-state index contributed by atoms with van der Waals surface area (Å²) in [6, 6.07) is 5.88. The van der Waals surface area contributed by atoms with Crippen LogP contribution in [0.25, 0.3) is 0 Å². The minimum absolute atomic E-state index is 0.0670. The molecule has 1 amide bonds. The summed E-state index contributed by atoms with van der Waals surface area (Å²) >= 11 is 0. The van der Waals surface area contributed by atoms with Gasteiger partial charge in [0, 0.05) is 11.5 Å². The van der Waals surface area contributed by atoms with E-state index in [1.807, 2.05) is 20.8 Å². The summed E-state index contributed by atoms with van der Waals surface area (Å²) in [6.45, 7) is 8.35. The third kappa shape index (κ3) is 3.73. The molecule has 8 heteroatoms. The van der Waals surface area contributed by atoms with Crippen LogP contribution in [0.2, 0.25) is 0 Å². The standard InChI is InChI=1S/C17H21FN2O4S/c1-16(2,3)13-10-14(24-20-13)19-15(21)17(4,5)25(22,23)12-8-6-11(18)7-9-12/h6-10H,1-5H3,(H,19,21). The summed E-state index contributed by atoms with van der Waals surface area (Å²) in [7, 11) is -4.04. The van der Waals surface area contributed by atoms with E-state index in [0.717, 1.165) is 24.3 Å². The van der Waals surface area contributed by atoms with E-state index in [0.29, 0.717) is 5.69 Å². The molecule has 25 heavy (non-hydrogen) atoms. The van der Waals surface area contributed by atoms with Gasteiger partial charge in [0.2, 0.25) is 11.8 Å². The molecule has 0 unspecified atom stereocenters. The fourth-order valence-corrected chi connectivity index (χ4v) is 3.36. The van der Waals surface area contributed by atoms with E-state index in [9.17, 15) is 17.6 Å². The maximum Gasteiger partial charge on any atom is 0.248 e. The van der Waals surface area contributed by atoms with Crippen LogP contribution in [0, 0.1) is 5.82 Å². The molecule has 0 radical (unpaired) electrons. The van der Waals surface area contributed by atoms with Crippen molar-refractivity contribution in [3.05, 3.63) is 41.8 Å². The van der Waals surface area contributed by atoms with Crippen molar-refractivity contribution in [3.8, 4) is 0 Å². The van der Waals surface area contributed by atoms with Crippen molar-refractivity contribution in [2.24, 2.45) is 0 Å². The van der Waals surface area contributed by atoms with Gasteiger partial charge in [-0.1, -0.05) is 25.9 Å². The third-order valence-corrected chi connectivity index (χ3v) is 6.28. The van der Waals surface area contributed by atoms with Gasteiger partial charge in [0.15, 0.2) is 9.84 Å². The first-order valence-corrected chi connectivity index (χ1v) is 9.13. The number of sulfone groups is 1. The van der Waals surface area contributed by atoms with Gasteiger partial charge in [-0.2, -0.15) is 0 Å². The average molecular weight is 368 g/mol. The number of anilines is 1. The first-order valence-electron chi connectivity index (χ1n) is 7.64. The van der Waals surface area contributed by atoms with Gasteiger partial charge in [-0.3, -0.25) is 10.1 Å². The van der Waals surface area contributed by atoms with Crippen molar-refractivity contribution in [1.82, 2.24) is 5.16 Å². The van der Waals surface area contributed by atoms with Crippen LogP contribution in [-0.4, -0.2) is 24.2 Å². The molecule has 136 valence electrons. The quantitative estimate of drug-likeness (QED) is 0.837. The Hall–Kier alpha value is -2.22. The molecule has 1 aromatic heterocycles. The summed E-state index contributed by atoms with van der Waals surface area (Å²) in [6.07, 6.45) is 0. The Balaban J connectivity index is 2.27. The van der Waals surface area contributed by atoms with Crippen molar-refractivity contribution in [1.29, 1.82) is 0 Å². The lowest BCUT2D eigenvalue weighted by molar-refractivity contribution is -0.118. The molecule has 2 aromatic rings. The molecule has 6 nitrogen and oxygen atoms in total. The highest BCUT2D eigenvalue weighted by Crippen LogP contribution is 2.28. The predicted molar refractivity (Wildman–Crippen MR) is 91.5 cm³/mol. The highest BCUT2D eigenvalue weighted by atomic mass is 32.2. The molecule has 0 saturated heterocycles. The van der Waals surface area contributed by atoms with Crippen LogP contribution >= 0.6 is 0 Å². The summed E-state index contributed by atoms with van der Waals surface area (Å²) in [5.41, 5.74) is 0.351. The molecule has 1 N–H and O–H groups in total. The van der Waals surface area contributed by atoms with E-state index in [-0.39, 0.29) is 16.2 Å². The normalized spacial score (nSPS) is 12.9. The number of nitrogens with one attached hydrogen (secondary N) is 1. The smallest absolute Gasteiger partial charge is 0.248 e. The second-order valence-electron chi connectivity index (χ2n) is 7.25. The fourth-order valence-electron chi connectivity index (χ4n) is 1.98. The third-order valence-electron chi connectivity index (χ3n) is 3.86. The Labute approximate surface area is 146 Å². The van der Waals surface area contributed by atoms with Gasteiger partial charge < -0.3 is 4.52 Å². The molecular formula is C17H21FN2O4S. The van der Waals surface area contributed by atoms with Crippen molar-refractivity contribution < 1.29 is 22.1 Å². The van der Waals surface area contributed by atoms with Gasteiger partial charge in [0.05, 0.1) is 10.6 Å². The number of benzene rings is 1. The fraction of sp³-hybridized carbons (Fsp3) is 0.412. The topological polar surface area (TPSA) is 89.3 Å². The van der Waals surface area contributed by atoms with E-state index >= 15 is 0 Å². The zero-order valence-corrected chi connectivity index (χ0v) is 15.6. The molecule has 0 bridgehead atoms. The molecule has 0 atom stereocenters. The molecule has 0 spiro atoms. The lowest BCUT2D eigenvalue weighted by Gasteiger charge is -2.23. The number of hydrogen-bond acceptors (Lipinski definition) is 5.